The van der Waals surface area contributed by atoms with Gasteiger partial charge in [0.05, 0.1) is 35.1 Å². The van der Waals surface area contributed by atoms with Crippen molar-refractivity contribution in [2.45, 2.75) is 37.8 Å². The van der Waals surface area contributed by atoms with E-state index in [4.69, 9.17) is 9.47 Å². The molecule has 3 aromatic rings. The molecule has 188 valence electrons. The molecule has 1 atom stereocenters. The second-order valence-electron chi connectivity index (χ2n) is 8.35. The van der Waals surface area contributed by atoms with E-state index >= 15 is 0 Å². The van der Waals surface area contributed by atoms with Crippen molar-refractivity contribution in [3.8, 4) is 11.5 Å². The molecular weight excluding hydrogens is 564 g/mol. The molecular formula is C26H25BrN2O5S2. The first kappa shape index (κ1) is 26.2. The number of benzene rings is 2. The molecule has 0 radical (unpaired) electrons. The molecule has 2 aromatic carbocycles. The van der Waals surface area contributed by atoms with Gasteiger partial charge in [0, 0.05) is 14.9 Å². The summed E-state index contributed by atoms with van der Waals surface area (Å²) >= 11 is 6.21. The average molecular weight is 590 g/mol. The maximum Gasteiger partial charge on any atom is 0.338 e. The molecule has 7 nitrogen and oxygen atoms in total. The van der Waals surface area contributed by atoms with Crippen molar-refractivity contribution in [1.82, 2.24) is 4.57 Å². The number of phenolic OH excluding ortho intramolecular Hbond substituents is 1. The number of thiazole rings is 1. The van der Waals surface area contributed by atoms with Gasteiger partial charge in [-0.3, -0.25) is 9.36 Å². The Morgan fingerprint density at radius 1 is 1.28 bits per heavy atom. The lowest BCUT2D eigenvalue weighted by atomic mass is 9.96. The summed E-state index contributed by atoms with van der Waals surface area (Å²) in [6.45, 7) is 5.32. The van der Waals surface area contributed by atoms with E-state index in [9.17, 15) is 14.7 Å². The number of rotatable bonds is 6. The van der Waals surface area contributed by atoms with E-state index in [0.29, 0.717) is 30.6 Å². The van der Waals surface area contributed by atoms with Gasteiger partial charge in [0.15, 0.2) is 16.3 Å². The highest BCUT2D eigenvalue weighted by Gasteiger charge is 2.33. The van der Waals surface area contributed by atoms with Crippen molar-refractivity contribution in [1.29, 1.82) is 0 Å². The summed E-state index contributed by atoms with van der Waals surface area (Å²) in [7, 11) is 1.46. The maximum absolute atomic E-state index is 13.8. The standard InChI is InChI=1S/C26H25BrN2O5S2/c1-13(2)34-25(32)21-14(3)28-26-29(22(21)15-6-8-18(35-5)9-7-15)24(31)20(36-26)11-16-10-17(27)12-19(33-4)23(16)30/h6-13,22,30H,1-5H3/b20-11-. The second kappa shape index (κ2) is 10.7. The highest BCUT2D eigenvalue weighted by molar-refractivity contribution is 9.10. The van der Waals surface area contributed by atoms with Gasteiger partial charge in [0.2, 0.25) is 0 Å². The number of fused-ring (bicyclic) bond motifs is 1. The van der Waals surface area contributed by atoms with Crippen LogP contribution in [0.15, 0.2) is 66.8 Å². The molecule has 2 heterocycles. The number of nitrogens with zero attached hydrogens (tertiary/aromatic N) is 2. The molecule has 0 saturated heterocycles. The first-order chi connectivity index (χ1) is 17.1. The van der Waals surface area contributed by atoms with Crippen LogP contribution < -0.4 is 19.6 Å². The number of carbonyl (C=O) groups excluding carboxylic acids is 1. The number of allylic oxidation sites excluding steroid dienone is 1. The molecule has 36 heavy (non-hydrogen) atoms. The highest BCUT2D eigenvalue weighted by atomic mass is 79.9. The Morgan fingerprint density at radius 2 is 1.97 bits per heavy atom. The second-order valence-corrected chi connectivity index (χ2v) is 11.2. The third-order valence-corrected chi connectivity index (χ3v) is 7.78. The lowest BCUT2D eigenvalue weighted by Gasteiger charge is -2.25. The Bertz CT molecular complexity index is 1540. The maximum atomic E-state index is 13.8. The molecule has 0 bridgehead atoms. The molecule has 1 unspecified atom stereocenters. The Labute approximate surface area is 224 Å². The van der Waals surface area contributed by atoms with Crippen molar-refractivity contribution < 1.29 is 19.4 Å². The molecule has 0 amide bonds. The van der Waals surface area contributed by atoms with Crippen LogP contribution in [0.2, 0.25) is 0 Å². The summed E-state index contributed by atoms with van der Waals surface area (Å²) in [5, 5.41) is 10.6. The normalized spacial score (nSPS) is 15.6. The number of carbonyl (C=O) groups is 1. The van der Waals surface area contributed by atoms with Gasteiger partial charge in [0.1, 0.15) is 0 Å². The van der Waals surface area contributed by atoms with Crippen molar-refractivity contribution in [2.24, 2.45) is 4.99 Å². The van der Waals surface area contributed by atoms with Crippen LogP contribution in [-0.2, 0) is 9.53 Å². The minimum absolute atomic E-state index is 0.0758. The smallest absolute Gasteiger partial charge is 0.338 e. The number of phenols is 1. The van der Waals surface area contributed by atoms with Crippen LogP contribution in [0, 0.1) is 0 Å². The fraction of sp³-hybridized carbons (Fsp3) is 0.269. The third-order valence-electron chi connectivity index (χ3n) is 5.59. The highest BCUT2D eigenvalue weighted by Crippen LogP contribution is 2.34. The Balaban J connectivity index is 1.96. The predicted octanol–water partition coefficient (Wildman–Crippen LogP) is 4.39. The number of ether oxygens (including phenoxy) is 2. The Morgan fingerprint density at radius 3 is 2.58 bits per heavy atom. The number of halogens is 1. The molecule has 1 aromatic heterocycles. The zero-order valence-corrected chi connectivity index (χ0v) is 23.6. The van der Waals surface area contributed by atoms with Gasteiger partial charge in [0.25, 0.3) is 5.56 Å². The van der Waals surface area contributed by atoms with Crippen molar-refractivity contribution in [3.63, 3.8) is 0 Å². The van der Waals surface area contributed by atoms with Crippen molar-refractivity contribution in [3.05, 3.63) is 83.0 Å². The minimum Gasteiger partial charge on any atom is -0.504 e. The topological polar surface area (TPSA) is 90.1 Å². The largest absolute Gasteiger partial charge is 0.504 e. The molecule has 0 spiro atoms. The van der Waals surface area contributed by atoms with Crippen molar-refractivity contribution >= 4 is 51.1 Å². The molecule has 4 rings (SSSR count). The summed E-state index contributed by atoms with van der Waals surface area (Å²) in [4.78, 5) is 33.1. The summed E-state index contributed by atoms with van der Waals surface area (Å²) in [5.41, 5.74) is 1.70. The van der Waals surface area contributed by atoms with Crippen LogP contribution in [-0.4, -0.2) is 35.1 Å². The SMILES string of the molecule is COc1cc(Br)cc(/C=c2\sc3n(c2=O)C(c2ccc(SC)cc2)C(C(=O)OC(C)C)=C(C)N=3)c1O. The lowest BCUT2D eigenvalue weighted by molar-refractivity contribution is -0.143. The van der Waals surface area contributed by atoms with E-state index in [1.54, 1.807) is 50.7 Å². The molecule has 1 aliphatic heterocycles. The van der Waals surface area contributed by atoms with Gasteiger partial charge in [-0.25, -0.2) is 9.79 Å². The van der Waals surface area contributed by atoms with Crippen LogP contribution in [0.5, 0.6) is 11.5 Å². The average Bonchev–Trinajstić information content (AvgIpc) is 3.14. The van der Waals surface area contributed by atoms with Crippen molar-refractivity contribution in [2.75, 3.05) is 13.4 Å². The first-order valence-corrected chi connectivity index (χ1v) is 13.9. The molecule has 10 heteroatoms. The monoisotopic (exact) mass is 588 g/mol. The summed E-state index contributed by atoms with van der Waals surface area (Å²) in [5.74, 6) is -0.299. The number of aromatic nitrogens is 1. The molecule has 0 fully saturated rings. The minimum atomic E-state index is -0.698. The van der Waals surface area contributed by atoms with Gasteiger partial charge < -0.3 is 14.6 Å². The van der Waals surface area contributed by atoms with E-state index in [2.05, 4.69) is 20.9 Å². The number of hydrogen-bond donors (Lipinski definition) is 1. The van der Waals surface area contributed by atoms with Crippen LogP contribution in [0.25, 0.3) is 6.08 Å². The molecule has 1 aliphatic rings. The number of hydrogen-bond acceptors (Lipinski definition) is 8. The fourth-order valence-corrected chi connectivity index (χ4v) is 5.86. The Hall–Kier alpha value is -2.82. The summed E-state index contributed by atoms with van der Waals surface area (Å²) < 4.78 is 13.4. The molecule has 1 N–H and O–H groups in total. The zero-order chi connectivity index (χ0) is 26.1. The lowest BCUT2D eigenvalue weighted by Crippen LogP contribution is -2.40. The van der Waals surface area contributed by atoms with E-state index in [-0.39, 0.29) is 23.2 Å². The number of thioether (sulfide) groups is 1. The quantitative estimate of drug-likeness (QED) is 0.339. The van der Waals surface area contributed by atoms with Gasteiger partial charge in [-0.15, -0.1) is 11.8 Å². The van der Waals surface area contributed by atoms with Crippen LogP contribution in [0.1, 0.15) is 37.9 Å². The van der Waals surface area contributed by atoms with E-state index < -0.39 is 12.0 Å². The van der Waals surface area contributed by atoms with Crippen LogP contribution in [0.4, 0.5) is 0 Å². The van der Waals surface area contributed by atoms with E-state index in [0.717, 1.165) is 10.5 Å². The number of esters is 1. The molecule has 0 saturated carbocycles. The number of aromatic hydroxyl groups is 1. The van der Waals surface area contributed by atoms with E-state index in [1.807, 2.05) is 30.5 Å². The zero-order valence-electron chi connectivity index (χ0n) is 20.4. The predicted molar refractivity (Wildman–Crippen MR) is 146 cm³/mol. The van der Waals surface area contributed by atoms with E-state index in [1.165, 1.54) is 23.0 Å². The first-order valence-electron chi connectivity index (χ1n) is 11.1. The Kier molecular flexibility index (Phi) is 7.77. The van der Waals surface area contributed by atoms with Gasteiger partial charge in [-0.2, -0.15) is 0 Å². The molecule has 0 aliphatic carbocycles. The van der Waals surface area contributed by atoms with Gasteiger partial charge in [-0.05, 0) is 62.9 Å². The van der Waals surface area contributed by atoms with Crippen LogP contribution in [0.3, 0.4) is 0 Å². The number of methoxy groups -OCH3 is 1. The van der Waals surface area contributed by atoms with Gasteiger partial charge >= 0.3 is 5.97 Å². The summed E-state index contributed by atoms with van der Waals surface area (Å²) in [6.07, 6.45) is 3.27. The van der Waals surface area contributed by atoms with Crippen LogP contribution >= 0.6 is 39.0 Å². The summed E-state index contributed by atoms with van der Waals surface area (Å²) in [6, 6.07) is 10.4. The third kappa shape index (κ3) is 5.02. The fourth-order valence-electron chi connectivity index (χ4n) is 3.96. The van der Waals surface area contributed by atoms with Gasteiger partial charge in [-0.1, -0.05) is 39.4 Å².